The van der Waals surface area contributed by atoms with Crippen molar-refractivity contribution in [2.75, 3.05) is 50.5 Å². The quantitative estimate of drug-likeness (QED) is 0.0583. The van der Waals surface area contributed by atoms with Gasteiger partial charge in [0.15, 0.2) is 11.6 Å². The molecule has 0 bridgehead atoms. The van der Waals surface area contributed by atoms with Gasteiger partial charge in [0.1, 0.15) is 22.6 Å². The topological polar surface area (TPSA) is 253 Å². The molecule has 0 spiro atoms. The van der Waals surface area contributed by atoms with Crippen molar-refractivity contribution in [2.45, 2.75) is 82.0 Å². The van der Waals surface area contributed by atoms with E-state index in [-0.39, 0.29) is 65.2 Å². The third kappa shape index (κ3) is 11.3. The van der Waals surface area contributed by atoms with Gasteiger partial charge < -0.3 is 31.6 Å². The van der Waals surface area contributed by atoms with Crippen molar-refractivity contribution in [3.63, 3.8) is 0 Å². The minimum Gasteiger partial charge on any atom is -0.497 e. The van der Waals surface area contributed by atoms with Crippen LogP contribution in [-0.4, -0.2) is 92.9 Å². The van der Waals surface area contributed by atoms with Gasteiger partial charge >= 0.3 is 0 Å². The minimum absolute atomic E-state index is 0.0286. The maximum atomic E-state index is 13.6. The van der Waals surface area contributed by atoms with Crippen LogP contribution in [0.5, 0.6) is 11.5 Å². The van der Waals surface area contributed by atoms with Crippen LogP contribution in [0.15, 0.2) is 109 Å². The normalized spacial score (nSPS) is 18.9. The van der Waals surface area contributed by atoms with Gasteiger partial charge in [-0.1, -0.05) is 72.8 Å². The lowest BCUT2D eigenvalue weighted by Crippen LogP contribution is -2.46. The van der Waals surface area contributed by atoms with E-state index >= 15 is 0 Å². The number of nitrogens with two attached hydrogens (primary N) is 2. The average molecular weight is 1020 g/mol. The fourth-order valence-corrected chi connectivity index (χ4v) is 10.7. The summed E-state index contributed by atoms with van der Waals surface area (Å²) in [4.78, 5) is 55.9. The lowest BCUT2D eigenvalue weighted by Gasteiger charge is -2.40. The molecule has 4 aromatic carbocycles. The van der Waals surface area contributed by atoms with Crippen LogP contribution in [0, 0.1) is 40.4 Å². The molecular weight excluding hydrogens is 961 g/mol. The highest BCUT2D eigenvalue weighted by Gasteiger charge is 2.45. The number of benzene rings is 4. The molecule has 4 fully saturated rings. The Kier molecular flexibility index (Phi) is 14.7. The number of piperidine rings is 2. The predicted octanol–water partition coefficient (Wildman–Crippen LogP) is 7.43. The summed E-state index contributed by atoms with van der Waals surface area (Å²) in [5.74, 6) is -0.491. The first-order chi connectivity index (χ1) is 36.8. The number of methoxy groups -OCH3 is 1. The summed E-state index contributed by atoms with van der Waals surface area (Å²) in [6.45, 7) is 4.64. The number of amides is 4. The van der Waals surface area contributed by atoms with Gasteiger partial charge in [-0.3, -0.25) is 38.3 Å². The van der Waals surface area contributed by atoms with Crippen molar-refractivity contribution < 1.29 is 28.7 Å². The molecule has 6 aromatic rings. The molecule has 18 heteroatoms. The molecule has 4 heterocycles. The summed E-state index contributed by atoms with van der Waals surface area (Å²) in [6, 6.07) is 37.5. The van der Waals surface area contributed by atoms with E-state index in [1.165, 1.54) is 5.56 Å². The van der Waals surface area contributed by atoms with Crippen molar-refractivity contribution in [1.82, 2.24) is 29.4 Å². The summed E-state index contributed by atoms with van der Waals surface area (Å²) in [5.41, 5.74) is 17.0. The highest BCUT2D eigenvalue weighted by Crippen LogP contribution is 2.42. The highest BCUT2D eigenvalue weighted by molar-refractivity contribution is 6.03. The monoisotopic (exact) mass is 1020 g/mol. The van der Waals surface area contributed by atoms with Crippen LogP contribution >= 0.6 is 0 Å². The average Bonchev–Trinajstić information content (AvgIpc) is 4.36. The molecule has 10 rings (SSSR count). The second-order valence-electron chi connectivity index (χ2n) is 20.9. The Bertz CT molecular complexity index is 3190. The van der Waals surface area contributed by atoms with Gasteiger partial charge in [0.05, 0.1) is 49.8 Å². The number of likely N-dealkylation sites (tertiary alicyclic amines) is 2. The molecule has 2 aliphatic carbocycles. The number of aromatic nitrogens is 4. The van der Waals surface area contributed by atoms with Gasteiger partial charge in [0.25, 0.3) is 11.8 Å². The Labute approximate surface area is 441 Å². The Balaban J connectivity index is 0.700. The number of ether oxygens (including phenoxy) is 2. The number of carbonyl (C=O) groups is 4. The molecule has 4 aliphatic rings. The largest absolute Gasteiger partial charge is 0.497 e. The molecule has 2 aliphatic heterocycles. The SMILES string of the molecule is COc1ccc(-c2ccc(CN3CCC(CC#N)(n4cc(C(N)=O)c(NC(=O)C5CC5COc5cccc(-c6ccc(CN7CCC(CC#N)(n8cc(C(N)=O)c(NC(=O)C9CC9)n8)CC7)cc6)c5)n4)CC3)cc2)cc1. The molecule has 18 nitrogen and oxygen atoms in total. The van der Waals surface area contributed by atoms with Crippen molar-refractivity contribution in [3.05, 3.63) is 132 Å². The van der Waals surface area contributed by atoms with E-state index in [0.717, 1.165) is 53.0 Å². The Hall–Kier alpha value is -8.32. The molecule has 2 unspecified atom stereocenters. The minimum atomic E-state index is -0.710. The number of hydrogen-bond acceptors (Lipinski definition) is 12. The second kappa shape index (κ2) is 21.9. The zero-order valence-corrected chi connectivity index (χ0v) is 42.6. The standard InChI is InChI=1S/C58H62N12O6/c1-75-46-17-15-41(16-18-46)40-9-5-38(6-10-40)33-67-29-23-58(20-26-60,24-30-67)70-36-50(52(62)72)54(66-70)64-56(74)48-32-45(48)37-76-47-4-2-3-44(31-47)42-11-7-39(8-12-42)34-68-27-21-57(19-25-59,22-28-68)69-35-49(51(61)71)53(65-69)63-55(73)43-13-14-43/h2-12,15-18,31,35-36,43,45,48H,13-14,19-24,27-30,32-34,37H2,1H3,(H2,61,71)(H2,62,72)(H,63,65,73)(H,64,66,74). The summed E-state index contributed by atoms with van der Waals surface area (Å²) in [5, 5.41) is 34.8. The Morgan fingerprint density at radius 1 is 0.645 bits per heavy atom. The fourth-order valence-electron chi connectivity index (χ4n) is 10.7. The zero-order chi connectivity index (χ0) is 53.0. The number of nitriles is 2. The van der Waals surface area contributed by atoms with Gasteiger partial charge in [0.2, 0.25) is 11.8 Å². The smallest absolute Gasteiger partial charge is 0.254 e. The van der Waals surface area contributed by atoms with E-state index in [2.05, 4.69) is 86.2 Å². The number of carbonyl (C=O) groups excluding carboxylic acids is 4. The Morgan fingerprint density at radius 3 is 1.58 bits per heavy atom. The summed E-state index contributed by atoms with van der Waals surface area (Å²) in [7, 11) is 1.66. The first kappa shape index (κ1) is 51.2. The van der Waals surface area contributed by atoms with Crippen molar-refractivity contribution in [1.29, 1.82) is 10.5 Å². The van der Waals surface area contributed by atoms with E-state index in [9.17, 15) is 29.7 Å². The van der Waals surface area contributed by atoms with Gasteiger partial charge in [-0.2, -0.15) is 20.7 Å². The molecule has 76 heavy (non-hydrogen) atoms. The number of nitrogens with one attached hydrogen (secondary N) is 2. The molecule has 2 saturated heterocycles. The van der Waals surface area contributed by atoms with Crippen LogP contribution in [-0.2, 0) is 33.8 Å². The van der Waals surface area contributed by atoms with E-state index in [1.54, 1.807) is 28.9 Å². The van der Waals surface area contributed by atoms with Crippen molar-refractivity contribution >= 4 is 35.3 Å². The van der Waals surface area contributed by atoms with Crippen LogP contribution in [0.1, 0.15) is 89.6 Å². The molecule has 0 radical (unpaired) electrons. The van der Waals surface area contributed by atoms with E-state index in [0.29, 0.717) is 77.2 Å². The second-order valence-corrected chi connectivity index (χ2v) is 20.9. The van der Waals surface area contributed by atoms with Crippen LogP contribution in [0.25, 0.3) is 22.3 Å². The first-order valence-corrected chi connectivity index (χ1v) is 26.0. The summed E-state index contributed by atoms with van der Waals surface area (Å²) in [6.07, 6.45) is 8.31. The number of primary amides is 2. The number of rotatable bonds is 20. The lowest BCUT2D eigenvalue weighted by molar-refractivity contribution is -0.118. The van der Waals surface area contributed by atoms with Crippen molar-refractivity contribution in [2.24, 2.45) is 29.2 Å². The molecule has 2 saturated carbocycles. The van der Waals surface area contributed by atoms with Crippen LogP contribution in [0.2, 0.25) is 0 Å². The van der Waals surface area contributed by atoms with E-state index in [4.69, 9.17) is 26.0 Å². The fraction of sp³-hybridized carbons (Fsp3) is 0.379. The molecular formula is C58H62N12O6. The molecule has 2 aromatic heterocycles. The first-order valence-electron chi connectivity index (χ1n) is 26.0. The van der Waals surface area contributed by atoms with Gasteiger partial charge in [-0.05, 0) is 103 Å². The maximum absolute atomic E-state index is 13.6. The molecule has 2 atom stereocenters. The highest BCUT2D eigenvalue weighted by atomic mass is 16.5. The molecule has 4 amide bonds. The molecule has 6 N–H and O–H groups in total. The van der Waals surface area contributed by atoms with E-state index < -0.39 is 22.9 Å². The summed E-state index contributed by atoms with van der Waals surface area (Å²) < 4.78 is 14.9. The lowest BCUT2D eigenvalue weighted by atomic mass is 9.84. The predicted molar refractivity (Wildman–Crippen MR) is 284 cm³/mol. The van der Waals surface area contributed by atoms with Crippen LogP contribution in [0.3, 0.4) is 0 Å². The Morgan fingerprint density at radius 2 is 1.12 bits per heavy atom. The third-order valence-electron chi connectivity index (χ3n) is 15.8. The van der Waals surface area contributed by atoms with Crippen molar-refractivity contribution in [3.8, 4) is 45.9 Å². The van der Waals surface area contributed by atoms with E-state index in [1.807, 2.05) is 48.5 Å². The van der Waals surface area contributed by atoms with Crippen LogP contribution in [0.4, 0.5) is 11.6 Å². The third-order valence-corrected chi connectivity index (χ3v) is 15.8. The molecule has 390 valence electrons. The van der Waals surface area contributed by atoms with Gasteiger partial charge in [-0.25, -0.2) is 0 Å². The summed E-state index contributed by atoms with van der Waals surface area (Å²) >= 11 is 0. The van der Waals surface area contributed by atoms with Gasteiger partial charge in [0, 0.05) is 69.4 Å². The zero-order valence-electron chi connectivity index (χ0n) is 42.6. The number of anilines is 2. The number of hydrogen-bond donors (Lipinski definition) is 4. The van der Waals surface area contributed by atoms with Crippen LogP contribution < -0.4 is 31.6 Å². The maximum Gasteiger partial charge on any atom is 0.254 e. The van der Waals surface area contributed by atoms with Gasteiger partial charge in [-0.15, -0.1) is 0 Å². The number of nitrogens with zero attached hydrogens (tertiary/aromatic N) is 8.